The summed E-state index contributed by atoms with van der Waals surface area (Å²) in [5, 5.41) is 9.14. The van der Waals surface area contributed by atoms with Crippen LogP contribution in [0.1, 0.15) is 79.4 Å². The predicted octanol–water partition coefficient (Wildman–Crippen LogP) is 7.38. The number of aromatic hydroxyl groups is 1. The monoisotopic (exact) mass is 412 g/mol. The van der Waals surface area contributed by atoms with Gasteiger partial charge in [0.15, 0.2) is 0 Å². The van der Waals surface area contributed by atoms with Crippen molar-refractivity contribution in [2.24, 2.45) is 16.7 Å². The van der Waals surface area contributed by atoms with Crippen molar-refractivity contribution in [3.63, 3.8) is 0 Å². The first kappa shape index (κ1) is 25.7. The number of esters is 1. The van der Waals surface area contributed by atoms with Crippen molar-refractivity contribution in [3.05, 3.63) is 59.7 Å². The fraction of sp³-hybridized carbons (Fsp3) is 0.519. The van der Waals surface area contributed by atoms with Crippen molar-refractivity contribution >= 4 is 5.97 Å². The Morgan fingerprint density at radius 3 is 1.80 bits per heavy atom. The molecule has 30 heavy (non-hydrogen) atoms. The highest BCUT2D eigenvalue weighted by Gasteiger charge is 2.22. The van der Waals surface area contributed by atoms with E-state index < -0.39 is 0 Å². The quantitative estimate of drug-likeness (QED) is 0.412. The molecule has 1 unspecified atom stereocenters. The van der Waals surface area contributed by atoms with Crippen LogP contribution in [0, 0.1) is 16.7 Å². The van der Waals surface area contributed by atoms with Crippen LogP contribution >= 0.6 is 0 Å². The topological polar surface area (TPSA) is 46.5 Å². The minimum absolute atomic E-state index is 0.275. The van der Waals surface area contributed by atoms with Crippen molar-refractivity contribution in [2.45, 2.75) is 74.7 Å². The van der Waals surface area contributed by atoms with Crippen molar-refractivity contribution in [3.8, 4) is 11.5 Å². The summed E-state index contributed by atoms with van der Waals surface area (Å²) in [5.74, 6) is 1.82. The Balaban J connectivity index is 0.000000311. The maximum Gasteiger partial charge on any atom is 0.308 e. The number of benzene rings is 2. The van der Waals surface area contributed by atoms with Crippen LogP contribution in [0.4, 0.5) is 0 Å². The van der Waals surface area contributed by atoms with Gasteiger partial charge >= 0.3 is 5.97 Å². The van der Waals surface area contributed by atoms with Gasteiger partial charge < -0.3 is 9.84 Å². The summed E-state index contributed by atoms with van der Waals surface area (Å²) < 4.78 is 5.01. The third-order valence-corrected chi connectivity index (χ3v) is 6.10. The van der Waals surface area contributed by atoms with E-state index in [-0.39, 0.29) is 16.8 Å². The van der Waals surface area contributed by atoms with E-state index in [0.29, 0.717) is 23.3 Å². The van der Waals surface area contributed by atoms with Gasteiger partial charge in [0.1, 0.15) is 11.5 Å². The molecule has 0 aliphatic heterocycles. The van der Waals surface area contributed by atoms with E-state index in [1.165, 1.54) is 18.1 Å². The summed E-state index contributed by atoms with van der Waals surface area (Å²) in [6, 6.07) is 15.2. The van der Waals surface area contributed by atoms with Crippen LogP contribution in [0.15, 0.2) is 48.5 Å². The molecule has 3 nitrogen and oxygen atoms in total. The Labute approximate surface area is 183 Å². The van der Waals surface area contributed by atoms with E-state index in [0.717, 1.165) is 6.42 Å². The molecule has 166 valence electrons. The summed E-state index contributed by atoms with van der Waals surface area (Å²) in [6.07, 6.45) is 1.03. The number of phenolic OH excluding ortho intramolecular Hbond substituents is 1. The van der Waals surface area contributed by atoms with Crippen LogP contribution in [0.2, 0.25) is 0 Å². The number of carbonyl (C=O) groups is 1. The molecule has 3 heteroatoms. The highest BCUT2D eigenvalue weighted by atomic mass is 16.5. The Hall–Kier alpha value is -2.29. The molecule has 0 heterocycles. The van der Waals surface area contributed by atoms with Crippen LogP contribution in [0.3, 0.4) is 0 Å². The molecule has 2 rings (SSSR count). The van der Waals surface area contributed by atoms with Gasteiger partial charge in [0.2, 0.25) is 0 Å². The Morgan fingerprint density at radius 1 is 0.900 bits per heavy atom. The summed E-state index contributed by atoms with van der Waals surface area (Å²) in [5.41, 5.74) is 3.12. The van der Waals surface area contributed by atoms with Crippen LogP contribution in [0.25, 0.3) is 0 Å². The van der Waals surface area contributed by atoms with Crippen molar-refractivity contribution in [2.75, 3.05) is 0 Å². The predicted molar refractivity (Wildman–Crippen MR) is 126 cm³/mol. The fourth-order valence-corrected chi connectivity index (χ4v) is 2.83. The first-order valence-electron chi connectivity index (χ1n) is 10.8. The maximum atomic E-state index is 10.8. The third kappa shape index (κ3) is 8.61. The van der Waals surface area contributed by atoms with Gasteiger partial charge in [-0.3, -0.25) is 4.79 Å². The van der Waals surface area contributed by atoms with Gasteiger partial charge in [-0.2, -0.15) is 0 Å². The molecule has 0 bridgehead atoms. The molecule has 2 aromatic rings. The second kappa shape index (κ2) is 10.7. The molecule has 1 atom stereocenters. The Bertz CT molecular complexity index is 778. The second-order valence-corrected chi connectivity index (χ2v) is 10.2. The lowest BCUT2D eigenvalue weighted by Crippen LogP contribution is -2.21. The molecule has 0 amide bonds. The average molecular weight is 413 g/mol. The summed E-state index contributed by atoms with van der Waals surface area (Å²) >= 11 is 0. The first-order chi connectivity index (χ1) is 13.7. The molecule has 0 aliphatic carbocycles. The molecular weight excluding hydrogens is 372 g/mol. The zero-order valence-electron chi connectivity index (χ0n) is 20.2. The SMILES string of the molecule is CC(=O)Oc1ccc(CC(C)(C)C(C)C)cc1.CC(c1ccc(O)cc1)C(C)(C)C. The molecule has 0 radical (unpaired) electrons. The van der Waals surface area contributed by atoms with Gasteiger partial charge in [0.25, 0.3) is 0 Å². The van der Waals surface area contributed by atoms with E-state index >= 15 is 0 Å². The standard InChI is InChI=1S/C15H22O2.C12H18O/c1-11(2)15(4,5)10-13-6-8-14(9-7-13)17-12(3)16;1-9(12(2,3)4)10-5-7-11(13)8-6-10/h6-9,11H,10H2,1-5H3;5-9,13H,1-4H3. The summed E-state index contributed by atoms with van der Waals surface area (Å²) in [7, 11) is 0. The van der Waals surface area contributed by atoms with Gasteiger partial charge in [-0.1, -0.05) is 79.7 Å². The molecule has 0 saturated carbocycles. The average Bonchev–Trinajstić information content (AvgIpc) is 2.62. The van der Waals surface area contributed by atoms with E-state index in [9.17, 15) is 4.79 Å². The second-order valence-electron chi connectivity index (χ2n) is 10.2. The van der Waals surface area contributed by atoms with Crippen molar-refractivity contribution in [1.82, 2.24) is 0 Å². The Morgan fingerprint density at radius 2 is 1.40 bits per heavy atom. The summed E-state index contributed by atoms with van der Waals surface area (Å²) in [6.45, 7) is 19.3. The Kier molecular flexibility index (Phi) is 9.14. The number of carbonyl (C=O) groups excluding carboxylic acids is 1. The largest absolute Gasteiger partial charge is 0.508 e. The van der Waals surface area contributed by atoms with E-state index in [1.54, 1.807) is 12.1 Å². The first-order valence-corrected chi connectivity index (χ1v) is 10.8. The molecule has 0 fully saturated rings. The molecule has 0 aromatic heterocycles. The smallest absolute Gasteiger partial charge is 0.308 e. The van der Waals surface area contributed by atoms with Crippen LogP contribution in [-0.4, -0.2) is 11.1 Å². The minimum atomic E-state index is -0.278. The lowest BCUT2D eigenvalue weighted by atomic mass is 9.76. The fourth-order valence-electron chi connectivity index (χ4n) is 2.83. The van der Waals surface area contributed by atoms with Crippen LogP contribution in [0.5, 0.6) is 11.5 Å². The van der Waals surface area contributed by atoms with Crippen molar-refractivity contribution in [1.29, 1.82) is 0 Å². The maximum absolute atomic E-state index is 10.8. The molecule has 1 N–H and O–H groups in total. The normalized spacial score (nSPS) is 12.7. The van der Waals surface area contributed by atoms with Gasteiger partial charge in [-0.05, 0) is 64.5 Å². The van der Waals surface area contributed by atoms with Gasteiger partial charge in [-0.15, -0.1) is 0 Å². The lowest BCUT2D eigenvalue weighted by molar-refractivity contribution is -0.131. The van der Waals surface area contributed by atoms with Crippen LogP contribution in [-0.2, 0) is 11.2 Å². The number of hydrogen-bond donors (Lipinski definition) is 1. The lowest BCUT2D eigenvalue weighted by Gasteiger charge is -2.29. The zero-order chi connectivity index (χ0) is 23.1. The third-order valence-electron chi connectivity index (χ3n) is 6.10. The van der Waals surface area contributed by atoms with Crippen LogP contribution < -0.4 is 4.74 Å². The minimum Gasteiger partial charge on any atom is -0.508 e. The van der Waals surface area contributed by atoms with Gasteiger partial charge in [-0.25, -0.2) is 0 Å². The number of phenols is 1. The van der Waals surface area contributed by atoms with E-state index in [2.05, 4.69) is 55.4 Å². The summed E-state index contributed by atoms with van der Waals surface area (Å²) in [4.78, 5) is 10.8. The van der Waals surface area contributed by atoms with Gasteiger partial charge in [0, 0.05) is 6.92 Å². The van der Waals surface area contributed by atoms with Crippen molar-refractivity contribution < 1.29 is 14.6 Å². The molecule has 2 aromatic carbocycles. The highest BCUT2D eigenvalue weighted by Crippen LogP contribution is 2.34. The number of ether oxygens (including phenoxy) is 1. The molecule has 0 saturated heterocycles. The zero-order valence-corrected chi connectivity index (χ0v) is 20.2. The molecule has 0 aliphatic rings. The molecular formula is C27H40O3. The number of hydrogen-bond acceptors (Lipinski definition) is 3. The highest BCUT2D eigenvalue weighted by molar-refractivity contribution is 5.69. The number of rotatable bonds is 5. The van der Waals surface area contributed by atoms with E-state index in [4.69, 9.17) is 9.84 Å². The van der Waals surface area contributed by atoms with Gasteiger partial charge in [0.05, 0.1) is 0 Å². The molecule has 0 spiro atoms. The van der Waals surface area contributed by atoms with E-state index in [1.807, 2.05) is 36.4 Å².